The predicted octanol–water partition coefficient (Wildman–Crippen LogP) is 3.44. The minimum atomic E-state index is -0.326. The second-order valence-electron chi connectivity index (χ2n) is 4.55. The molecule has 0 amide bonds. The van der Waals surface area contributed by atoms with Crippen molar-refractivity contribution in [1.82, 2.24) is 0 Å². The van der Waals surface area contributed by atoms with E-state index in [4.69, 9.17) is 9.47 Å². The zero-order valence-corrected chi connectivity index (χ0v) is 11.3. The zero-order valence-electron chi connectivity index (χ0n) is 11.3. The number of hydrogen-bond donors (Lipinski definition) is 0. The summed E-state index contributed by atoms with van der Waals surface area (Å²) in [6, 6.07) is 7.56. The first kappa shape index (κ1) is 14.3. The maximum Gasteiger partial charge on any atom is 0.331 e. The summed E-state index contributed by atoms with van der Waals surface area (Å²) in [4.78, 5) is 11.3. The van der Waals surface area contributed by atoms with Gasteiger partial charge in [0.25, 0.3) is 0 Å². The van der Waals surface area contributed by atoms with Gasteiger partial charge in [0.1, 0.15) is 5.75 Å². The molecule has 0 aromatic heterocycles. The van der Waals surface area contributed by atoms with Gasteiger partial charge in [-0.1, -0.05) is 12.1 Å². The fourth-order valence-corrected chi connectivity index (χ4v) is 1.37. The van der Waals surface area contributed by atoms with Crippen LogP contribution in [0.25, 0.3) is 6.08 Å². The third-order valence-corrected chi connectivity index (χ3v) is 2.02. The standard InChI is InChI=1S/C15H20O3/c1-11(2)17-14-8-5-13(6-9-14)7-10-15(16)18-12(3)4/h5-12H,1-4H3. The van der Waals surface area contributed by atoms with Gasteiger partial charge < -0.3 is 9.47 Å². The van der Waals surface area contributed by atoms with Crippen molar-refractivity contribution in [2.24, 2.45) is 0 Å². The van der Waals surface area contributed by atoms with Gasteiger partial charge in [-0.25, -0.2) is 4.79 Å². The molecule has 0 atom stereocenters. The van der Waals surface area contributed by atoms with Crippen molar-refractivity contribution in [2.75, 3.05) is 0 Å². The quantitative estimate of drug-likeness (QED) is 0.591. The summed E-state index contributed by atoms with van der Waals surface area (Å²) in [6.07, 6.45) is 3.22. The third-order valence-electron chi connectivity index (χ3n) is 2.02. The van der Waals surface area contributed by atoms with Crippen LogP contribution in [-0.2, 0) is 9.53 Å². The van der Waals surface area contributed by atoms with E-state index < -0.39 is 0 Å². The van der Waals surface area contributed by atoms with Crippen LogP contribution in [0.15, 0.2) is 30.3 Å². The third kappa shape index (κ3) is 5.53. The van der Waals surface area contributed by atoms with Crippen molar-refractivity contribution in [3.63, 3.8) is 0 Å². The van der Waals surface area contributed by atoms with Crippen molar-refractivity contribution < 1.29 is 14.3 Å². The second-order valence-corrected chi connectivity index (χ2v) is 4.55. The van der Waals surface area contributed by atoms with E-state index in [0.717, 1.165) is 11.3 Å². The number of carbonyl (C=O) groups excluding carboxylic acids is 1. The molecule has 0 unspecified atom stereocenters. The Labute approximate surface area is 108 Å². The van der Waals surface area contributed by atoms with Gasteiger partial charge in [-0.15, -0.1) is 0 Å². The minimum Gasteiger partial charge on any atom is -0.491 e. The predicted molar refractivity (Wildman–Crippen MR) is 72.5 cm³/mol. The molecule has 1 aromatic carbocycles. The summed E-state index contributed by atoms with van der Waals surface area (Å²) in [6.45, 7) is 7.61. The highest BCUT2D eigenvalue weighted by Crippen LogP contribution is 2.14. The molecular weight excluding hydrogens is 228 g/mol. The summed E-state index contributed by atoms with van der Waals surface area (Å²) < 4.78 is 10.5. The molecule has 0 fully saturated rings. The lowest BCUT2D eigenvalue weighted by Gasteiger charge is -2.09. The lowest BCUT2D eigenvalue weighted by molar-refractivity contribution is -0.141. The molecule has 18 heavy (non-hydrogen) atoms. The fourth-order valence-electron chi connectivity index (χ4n) is 1.37. The molecule has 1 aromatic rings. The molecule has 0 aliphatic carbocycles. The van der Waals surface area contributed by atoms with Crippen LogP contribution >= 0.6 is 0 Å². The minimum absolute atomic E-state index is 0.0935. The van der Waals surface area contributed by atoms with Crippen LogP contribution in [-0.4, -0.2) is 18.2 Å². The van der Waals surface area contributed by atoms with Crippen LogP contribution in [0.1, 0.15) is 33.3 Å². The van der Waals surface area contributed by atoms with Crippen LogP contribution < -0.4 is 4.74 Å². The van der Waals surface area contributed by atoms with Crippen LogP contribution in [0.5, 0.6) is 5.75 Å². The molecule has 0 bridgehead atoms. The topological polar surface area (TPSA) is 35.5 Å². The Morgan fingerprint density at radius 2 is 1.67 bits per heavy atom. The van der Waals surface area contributed by atoms with Crippen molar-refractivity contribution >= 4 is 12.0 Å². The van der Waals surface area contributed by atoms with Crippen molar-refractivity contribution in [2.45, 2.75) is 39.9 Å². The van der Waals surface area contributed by atoms with E-state index in [9.17, 15) is 4.79 Å². The Morgan fingerprint density at radius 1 is 1.06 bits per heavy atom. The van der Waals surface area contributed by atoms with E-state index in [2.05, 4.69) is 0 Å². The highest BCUT2D eigenvalue weighted by atomic mass is 16.5. The first-order chi connectivity index (χ1) is 8.47. The average Bonchev–Trinajstić information content (AvgIpc) is 2.26. The second kappa shape index (κ2) is 6.84. The normalized spacial score (nSPS) is 11.2. The van der Waals surface area contributed by atoms with E-state index in [1.807, 2.05) is 52.0 Å². The Morgan fingerprint density at radius 3 is 2.17 bits per heavy atom. The van der Waals surface area contributed by atoms with Crippen LogP contribution in [0.4, 0.5) is 0 Å². The molecule has 0 spiro atoms. The van der Waals surface area contributed by atoms with E-state index >= 15 is 0 Å². The number of benzene rings is 1. The van der Waals surface area contributed by atoms with Gasteiger partial charge in [-0.2, -0.15) is 0 Å². The maximum absolute atomic E-state index is 11.3. The molecule has 0 heterocycles. The van der Waals surface area contributed by atoms with Gasteiger partial charge >= 0.3 is 5.97 Å². The molecule has 3 nitrogen and oxygen atoms in total. The van der Waals surface area contributed by atoms with Crippen molar-refractivity contribution in [3.8, 4) is 5.75 Å². The van der Waals surface area contributed by atoms with Crippen molar-refractivity contribution in [1.29, 1.82) is 0 Å². The zero-order chi connectivity index (χ0) is 13.5. The number of rotatable bonds is 5. The summed E-state index contributed by atoms with van der Waals surface area (Å²) in [5.74, 6) is 0.499. The molecule has 0 aliphatic rings. The van der Waals surface area contributed by atoms with Gasteiger partial charge in [-0.05, 0) is 51.5 Å². The van der Waals surface area contributed by atoms with Gasteiger partial charge in [-0.3, -0.25) is 0 Å². The van der Waals surface area contributed by atoms with Gasteiger partial charge in [0.15, 0.2) is 0 Å². The Balaban J connectivity index is 2.58. The number of ether oxygens (including phenoxy) is 2. The van der Waals surface area contributed by atoms with E-state index in [1.165, 1.54) is 6.08 Å². The van der Waals surface area contributed by atoms with Crippen LogP contribution in [0, 0.1) is 0 Å². The molecule has 3 heteroatoms. The molecule has 1 rings (SSSR count). The molecule has 98 valence electrons. The molecule has 0 saturated heterocycles. The number of esters is 1. The Kier molecular flexibility index (Phi) is 5.43. The van der Waals surface area contributed by atoms with E-state index in [0.29, 0.717) is 0 Å². The summed E-state index contributed by atoms with van der Waals surface area (Å²) in [5, 5.41) is 0. The van der Waals surface area contributed by atoms with Gasteiger partial charge in [0.05, 0.1) is 12.2 Å². The monoisotopic (exact) mass is 248 g/mol. The first-order valence-corrected chi connectivity index (χ1v) is 6.13. The summed E-state index contributed by atoms with van der Waals surface area (Å²) >= 11 is 0. The lowest BCUT2D eigenvalue weighted by atomic mass is 10.2. The molecular formula is C15H20O3. The lowest BCUT2D eigenvalue weighted by Crippen LogP contribution is -2.08. The highest BCUT2D eigenvalue weighted by Gasteiger charge is 2.00. The summed E-state index contributed by atoms with van der Waals surface area (Å²) in [5.41, 5.74) is 0.937. The Bertz CT molecular complexity index is 402. The largest absolute Gasteiger partial charge is 0.491 e. The fraction of sp³-hybridized carbons (Fsp3) is 0.400. The molecule has 0 saturated carbocycles. The van der Waals surface area contributed by atoms with Crippen molar-refractivity contribution in [3.05, 3.63) is 35.9 Å². The SMILES string of the molecule is CC(C)OC(=O)C=Cc1ccc(OC(C)C)cc1. The number of hydrogen-bond acceptors (Lipinski definition) is 3. The first-order valence-electron chi connectivity index (χ1n) is 6.13. The van der Waals surface area contributed by atoms with E-state index in [1.54, 1.807) is 6.08 Å². The summed E-state index contributed by atoms with van der Waals surface area (Å²) in [7, 11) is 0. The van der Waals surface area contributed by atoms with Gasteiger partial charge in [0.2, 0.25) is 0 Å². The maximum atomic E-state index is 11.3. The smallest absolute Gasteiger partial charge is 0.331 e. The van der Waals surface area contributed by atoms with Gasteiger partial charge in [0, 0.05) is 6.08 Å². The number of carbonyl (C=O) groups is 1. The van der Waals surface area contributed by atoms with Crippen LogP contribution in [0.3, 0.4) is 0 Å². The molecule has 0 aliphatic heterocycles. The average molecular weight is 248 g/mol. The van der Waals surface area contributed by atoms with Crippen LogP contribution in [0.2, 0.25) is 0 Å². The Hall–Kier alpha value is -1.77. The molecule has 0 N–H and O–H groups in total. The molecule has 0 radical (unpaired) electrons. The van der Waals surface area contributed by atoms with E-state index in [-0.39, 0.29) is 18.2 Å². The highest BCUT2D eigenvalue weighted by molar-refractivity contribution is 5.87.